The smallest absolute Gasteiger partial charge is 0.270 e. The average Bonchev–Trinajstić information content (AvgIpc) is 2.83. The lowest BCUT2D eigenvalue weighted by atomic mass is 10.1. The topological polar surface area (TPSA) is 137 Å². The van der Waals surface area contributed by atoms with Crippen LogP contribution in [0.1, 0.15) is 21.5 Å². The summed E-state index contributed by atoms with van der Waals surface area (Å²) >= 11 is 0. The van der Waals surface area contributed by atoms with Crippen molar-refractivity contribution in [1.82, 2.24) is 10.0 Å². The van der Waals surface area contributed by atoms with Crippen molar-refractivity contribution in [3.8, 4) is 17.2 Å². The van der Waals surface area contributed by atoms with Gasteiger partial charge in [-0.25, -0.2) is 13.1 Å². The quantitative estimate of drug-likeness (QED) is 0.332. The number of sulfonamides is 1. The first-order valence-corrected chi connectivity index (χ1v) is 11.7. The van der Waals surface area contributed by atoms with Crippen LogP contribution in [0, 0.1) is 10.1 Å². The van der Waals surface area contributed by atoms with Crippen molar-refractivity contribution in [2.24, 2.45) is 0 Å². The standard InChI is InChI=1S/C23H23N3O7S/c1-24-34(30,31)15-17-5-3-16(4-6-17)14-25-23(27)21-13-18(26(28)29)7-12-22(21)33-20-10-8-19(32-2)9-11-20/h3-13,24H,14-15H2,1-2H3,(H,25,27). The summed E-state index contributed by atoms with van der Waals surface area (Å²) in [4.78, 5) is 23.5. The molecule has 0 aliphatic rings. The van der Waals surface area contributed by atoms with E-state index in [0.29, 0.717) is 17.1 Å². The number of nitro groups is 1. The van der Waals surface area contributed by atoms with Gasteiger partial charge in [0.25, 0.3) is 11.6 Å². The largest absolute Gasteiger partial charge is 0.497 e. The number of benzene rings is 3. The predicted octanol–water partition coefficient (Wildman–Crippen LogP) is 3.37. The maximum atomic E-state index is 12.9. The van der Waals surface area contributed by atoms with Gasteiger partial charge >= 0.3 is 0 Å². The lowest BCUT2D eigenvalue weighted by molar-refractivity contribution is -0.384. The third kappa shape index (κ3) is 6.53. The van der Waals surface area contributed by atoms with Crippen LogP contribution in [0.4, 0.5) is 5.69 Å². The monoisotopic (exact) mass is 485 g/mol. The van der Waals surface area contributed by atoms with Crippen molar-refractivity contribution in [2.45, 2.75) is 12.3 Å². The lowest BCUT2D eigenvalue weighted by Gasteiger charge is -2.12. The van der Waals surface area contributed by atoms with E-state index >= 15 is 0 Å². The Balaban J connectivity index is 1.75. The number of non-ortho nitro benzene ring substituents is 1. The van der Waals surface area contributed by atoms with Gasteiger partial charge in [0.2, 0.25) is 10.0 Å². The zero-order chi connectivity index (χ0) is 24.7. The van der Waals surface area contributed by atoms with Crippen molar-refractivity contribution >= 4 is 21.6 Å². The molecule has 3 aromatic carbocycles. The highest BCUT2D eigenvalue weighted by Crippen LogP contribution is 2.30. The van der Waals surface area contributed by atoms with Gasteiger partial charge in [0.1, 0.15) is 17.2 Å². The van der Waals surface area contributed by atoms with Gasteiger partial charge in [0, 0.05) is 18.7 Å². The lowest BCUT2D eigenvalue weighted by Crippen LogP contribution is -2.23. The molecule has 0 aromatic heterocycles. The number of nitro benzene ring substituents is 1. The van der Waals surface area contributed by atoms with Crippen LogP contribution in [0.3, 0.4) is 0 Å². The van der Waals surface area contributed by atoms with Crippen molar-refractivity contribution in [2.75, 3.05) is 14.2 Å². The molecule has 11 heteroatoms. The third-order valence-electron chi connectivity index (χ3n) is 4.85. The summed E-state index contributed by atoms with van der Waals surface area (Å²) in [5, 5.41) is 13.9. The van der Waals surface area contributed by atoms with Gasteiger partial charge in [-0.3, -0.25) is 14.9 Å². The van der Waals surface area contributed by atoms with Crippen molar-refractivity contribution in [3.05, 3.63) is 93.5 Å². The van der Waals surface area contributed by atoms with Gasteiger partial charge in [0.05, 0.1) is 23.3 Å². The molecule has 3 aromatic rings. The second-order valence-electron chi connectivity index (χ2n) is 7.18. The second-order valence-corrected chi connectivity index (χ2v) is 9.10. The minimum Gasteiger partial charge on any atom is -0.497 e. The highest BCUT2D eigenvalue weighted by atomic mass is 32.2. The summed E-state index contributed by atoms with van der Waals surface area (Å²) < 4.78 is 36.5. The number of nitrogens with one attached hydrogen (secondary N) is 2. The number of hydrogen-bond acceptors (Lipinski definition) is 7. The van der Waals surface area contributed by atoms with Crippen LogP contribution >= 0.6 is 0 Å². The SMILES string of the molecule is CNS(=O)(=O)Cc1ccc(CNC(=O)c2cc([N+](=O)[O-])ccc2Oc2ccc(OC)cc2)cc1. The third-order valence-corrected chi connectivity index (χ3v) is 6.18. The normalized spacial score (nSPS) is 11.0. The number of carbonyl (C=O) groups excluding carboxylic acids is 1. The fourth-order valence-corrected chi connectivity index (χ4v) is 3.77. The average molecular weight is 486 g/mol. The summed E-state index contributed by atoms with van der Waals surface area (Å²) in [6, 6.07) is 17.2. The summed E-state index contributed by atoms with van der Waals surface area (Å²) in [5.74, 6) is 0.491. The number of amides is 1. The van der Waals surface area contributed by atoms with Gasteiger partial charge < -0.3 is 14.8 Å². The van der Waals surface area contributed by atoms with Crippen molar-refractivity contribution in [1.29, 1.82) is 0 Å². The van der Waals surface area contributed by atoms with Gasteiger partial charge in [-0.2, -0.15) is 0 Å². The molecule has 0 aliphatic carbocycles. The van der Waals surface area contributed by atoms with E-state index in [2.05, 4.69) is 10.0 Å². The molecule has 2 N–H and O–H groups in total. The summed E-state index contributed by atoms with van der Waals surface area (Å²) in [5.41, 5.74) is 1.07. The maximum absolute atomic E-state index is 12.9. The Morgan fingerprint density at radius 2 is 1.59 bits per heavy atom. The molecule has 0 fully saturated rings. The Kier molecular flexibility index (Phi) is 7.82. The molecule has 0 heterocycles. The molecule has 0 atom stereocenters. The van der Waals surface area contributed by atoms with Crippen molar-refractivity contribution < 1.29 is 27.6 Å². The predicted molar refractivity (Wildman–Crippen MR) is 125 cm³/mol. The molecule has 0 unspecified atom stereocenters. The molecule has 0 radical (unpaired) electrons. The molecule has 0 bridgehead atoms. The van der Waals surface area contributed by atoms with Crippen LogP contribution in [0.25, 0.3) is 0 Å². The fraction of sp³-hybridized carbons (Fsp3) is 0.174. The molecular formula is C23H23N3O7S. The van der Waals surface area contributed by atoms with Crippen LogP contribution in [-0.4, -0.2) is 33.4 Å². The molecule has 0 aliphatic heterocycles. The van der Waals surface area contributed by atoms with Gasteiger partial charge in [-0.1, -0.05) is 24.3 Å². The van der Waals surface area contributed by atoms with Crippen LogP contribution in [-0.2, 0) is 22.3 Å². The summed E-state index contributed by atoms with van der Waals surface area (Å²) in [7, 11) is -0.507. The molecular weight excluding hydrogens is 462 g/mol. The zero-order valence-corrected chi connectivity index (χ0v) is 19.3. The number of methoxy groups -OCH3 is 1. The summed E-state index contributed by atoms with van der Waals surface area (Å²) in [6.07, 6.45) is 0. The molecule has 178 valence electrons. The maximum Gasteiger partial charge on any atom is 0.270 e. The minimum atomic E-state index is -3.39. The van der Waals surface area contributed by atoms with Crippen LogP contribution in [0.2, 0.25) is 0 Å². The Bertz CT molecular complexity index is 1270. The molecule has 10 nitrogen and oxygen atoms in total. The van der Waals surface area contributed by atoms with Gasteiger partial charge in [0.15, 0.2) is 0 Å². The first-order chi connectivity index (χ1) is 16.2. The molecule has 0 saturated carbocycles. The number of rotatable bonds is 10. The van der Waals surface area contributed by atoms with Crippen molar-refractivity contribution in [3.63, 3.8) is 0 Å². The first-order valence-electron chi connectivity index (χ1n) is 10.1. The molecule has 0 spiro atoms. The van der Waals surface area contributed by atoms with E-state index in [0.717, 1.165) is 11.6 Å². The Labute approximate surface area is 196 Å². The molecule has 0 saturated heterocycles. The highest BCUT2D eigenvalue weighted by molar-refractivity contribution is 7.88. The fourth-order valence-electron chi connectivity index (χ4n) is 2.99. The number of ether oxygens (including phenoxy) is 2. The molecule has 1 amide bonds. The number of hydrogen-bond donors (Lipinski definition) is 2. The molecule has 34 heavy (non-hydrogen) atoms. The van der Waals surface area contributed by atoms with E-state index in [1.165, 1.54) is 26.3 Å². The van der Waals surface area contributed by atoms with Crippen LogP contribution in [0.5, 0.6) is 17.2 Å². The van der Waals surface area contributed by atoms with E-state index in [1.807, 2.05) is 0 Å². The van der Waals surface area contributed by atoms with E-state index in [9.17, 15) is 23.3 Å². The second kappa shape index (κ2) is 10.8. The minimum absolute atomic E-state index is 0.00162. The molecule has 3 rings (SSSR count). The summed E-state index contributed by atoms with van der Waals surface area (Å²) in [6.45, 7) is 0.128. The zero-order valence-electron chi connectivity index (χ0n) is 18.5. The van der Waals surface area contributed by atoms with Crippen LogP contribution < -0.4 is 19.5 Å². The van der Waals surface area contributed by atoms with E-state index in [1.54, 1.807) is 48.5 Å². The Morgan fingerprint density at radius 3 is 2.18 bits per heavy atom. The number of nitrogens with zero attached hydrogens (tertiary/aromatic N) is 1. The Morgan fingerprint density at radius 1 is 0.971 bits per heavy atom. The van der Waals surface area contributed by atoms with Gasteiger partial charge in [-0.05, 0) is 48.5 Å². The Hall–Kier alpha value is -3.96. The first kappa shape index (κ1) is 24.7. The van der Waals surface area contributed by atoms with Crippen LogP contribution in [0.15, 0.2) is 66.7 Å². The van der Waals surface area contributed by atoms with E-state index in [-0.39, 0.29) is 29.3 Å². The van der Waals surface area contributed by atoms with Gasteiger partial charge in [-0.15, -0.1) is 0 Å². The highest BCUT2D eigenvalue weighted by Gasteiger charge is 2.19. The van der Waals surface area contributed by atoms with E-state index < -0.39 is 20.9 Å². The van der Waals surface area contributed by atoms with E-state index in [4.69, 9.17) is 9.47 Å². The number of carbonyl (C=O) groups is 1.